The number of carbonyl (C=O) groups excluding carboxylic acids is 1. The van der Waals surface area contributed by atoms with Crippen LogP contribution in [0.1, 0.15) is 49.3 Å². The van der Waals surface area contributed by atoms with Gasteiger partial charge in [-0.05, 0) is 56.4 Å². The summed E-state index contributed by atoms with van der Waals surface area (Å²) in [6.45, 7) is 9.24. The number of carbonyl (C=O) groups is 1. The smallest absolute Gasteiger partial charge is 0.282 e. The third-order valence-electron chi connectivity index (χ3n) is 6.42. The first-order valence-electron chi connectivity index (χ1n) is 10.8. The number of aryl methyl sites for hydroxylation is 2. The van der Waals surface area contributed by atoms with Gasteiger partial charge in [0.1, 0.15) is 12.3 Å². The number of anilines is 1. The molecular weight excluding hydrogens is 360 g/mol. The lowest BCUT2D eigenvalue weighted by molar-refractivity contribution is -0.959. The van der Waals surface area contributed by atoms with Crippen LogP contribution in [-0.2, 0) is 11.3 Å². The summed E-state index contributed by atoms with van der Waals surface area (Å²) >= 11 is 0. The average Bonchev–Trinajstić information content (AvgIpc) is 2.72. The molecule has 1 saturated heterocycles. The van der Waals surface area contributed by atoms with Crippen LogP contribution in [0.25, 0.3) is 0 Å². The predicted molar refractivity (Wildman–Crippen MR) is 119 cm³/mol. The molecule has 1 aliphatic heterocycles. The molecule has 1 atom stereocenters. The quantitative estimate of drug-likeness (QED) is 0.652. The Balaban J connectivity index is 1.89. The fourth-order valence-corrected chi connectivity index (χ4v) is 4.90. The molecule has 0 aromatic heterocycles. The van der Waals surface area contributed by atoms with Crippen molar-refractivity contribution in [3.8, 4) is 5.75 Å². The molecule has 1 N–H and O–H groups in total. The maximum absolute atomic E-state index is 13.5. The Bertz CT molecular complexity index is 820. The Labute approximate surface area is 175 Å². The van der Waals surface area contributed by atoms with Gasteiger partial charge >= 0.3 is 0 Å². The van der Waals surface area contributed by atoms with Gasteiger partial charge in [0.15, 0.2) is 6.04 Å². The summed E-state index contributed by atoms with van der Waals surface area (Å²) in [5.74, 6) is 1.03. The molecule has 0 aliphatic carbocycles. The monoisotopic (exact) mass is 395 g/mol. The molecule has 1 fully saturated rings. The highest BCUT2D eigenvalue weighted by molar-refractivity contribution is 5.95. The number of quaternary nitrogens is 1. The highest BCUT2D eigenvalue weighted by atomic mass is 16.5. The van der Waals surface area contributed by atoms with E-state index >= 15 is 0 Å². The zero-order chi connectivity index (χ0) is 20.9. The van der Waals surface area contributed by atoms with Gasteiger partial charge in [0.05, 0.1) is 20.2 Å². The van der Waals surface area contributed by atoms with E-state index < -0.39 is 0 Å². The van der Waals surface area contributed by atoms with Crippen molar-refractivity contribution in [2.75, 3.05) is 25.5 Å². The van der Waals surface area contributed by atoms with Crippen molar-refractivity contribution in [1.29, 1.82) is 0 Å². The van der Waals surface area contributed by atoms with Gasteiger partial charge in [-0.25, -0.2) is 0 Å². The van der Waals surface area contributed by atoms with E-state index in [9.17, 15) is 4.79 Å². The summed E-state index contributed by atoms with van der Waals surface area (Å²) in [4.78, 5) is 13.5. The standard InChI is InChI=1S/C25H34N2O2/c1-5-23(25(28)26-24-19(2)11-9-12-20(24)3)27(15-7-6-8-16-27)18-21-13-10-14-22(17-21)29-4/h9-14,17,23H,5-8,15-16,18H2,1-4H3/p+1. The number of piperidine rings is 1. The highest BCUT2D eigenvalue weighted by Crippen LogP contribution is 2.30. The number of methoxy groups -OCH3 is 1. The number of amides is 1. The molecule has 2 aromatic rings. The van der Waals surface area contributed by atoms with Gasteiger partial charge in [0.2, 0.25) is 0 Å². The Morgan fingerprint density at radius 1 is 1.07 bits per heavy atom. The zero-order valence-electron chi connectivity index (χ0n) is 18.3. The topological polar surface area (TPSA) is 38.3 Å². The molecule has 3 rings (SSSR count). The summed E-state index contributed by atoms with van der Waals surface area (Å²) in [6.07, 6.45) is 4.45. The highest BCUT2D eigenvalue weighted by Gasteiger charge is 2.42. The zero-order valence-corrected chi connectivity index (χ0v) is 18.3. The Morgan fingerprint density at radius 2 is 1.72 bits per heavy atom. The van der Waals surface area contributed by atoms with Crippen molar-refractivity contribution < 1.29 is 14.0 Å². The molecule has 156 valence electrons. The number of nitrogens with zero attached hydrogens (tertiary/aromatic N) is 1. The molecular formula is C25H35N2O2+. The van der Waals surface area contributed by atoms with E-state index in [0.29, 0.717) is 0 Å². The number of nitrogens with one attached hydrogen (secondary N) is 1. The van der Waals surface area contributed by atoms with Crippen molar-refractivity contribution >= 4 is 11.6 Å². The maximum Gasteiger partial charge on any atom is 0.282 e. The molecule has 1 aliphatic rings. The minimum Gasteiger partial charge on any atom is -0.497 e. The van der Waals surface area contributed by atoms with Gasteiger partial charge in [-0.15, -0.1) is 0 Å². The molecule has 1 amide bonds. The van der Waals surface area contributed by atoms with Crippen LogP contribution >= 0.6 is 0 Å². The molecule has 4 heteroatoms. The fraction of sp³-hybridized carbons (Fsp3) is 0.480. The van der Waals surface area contributed by atoms with E-state index in [2.05, 4.69) is 50.4 Å². The lowest BCUT2D eigenvalue weighted by Gasteiger charge is -2.46. The number of para-hydroxylation sites is 1. The summed E-state index contributed by atoms with van der Waals surface area (Å²) in [5, 5.41) is 3.28. The van der Waals surface area contributed by atoms with Crippen LogP contribution in [0.3, 0.4) is 0 Å². The number of hydrogen-bond donors (Lipinski definition) is 1. The summed E-state index contributed by atoms with van der Waals surface area (Å²) < 4.78 is 6.26. The van der Waals surface area contributed by atoms with Crippen LogP contribution in [0.5, 0.6) is 5.75 Å². The lowest BCUT2D eigenvalue weighted by Crippen LogP contribution is -2.61. The second kappa shape index (κ2) is 9.45. The van der Waals surface area contributed by atoms with Gasteiger partial charge in [-0.2, -0.15) is 0 Å². The average molecular weight is 396 g/mol. The summed E-state index contributed by atoms with van der Waals surface area (Å²) in [6, 6.07) is 14.4. The third kappa shape index (κ3) is 4.81. The van der Waals surface area contributed by atoms with Crippen LogP contribution < -0.4 is 10.1 Å². The first-order valence-corrected chi connectivity index (χ1v) is 10.8. The number of likely N-dealkylation sites (tertiary alicyclic amines) is 1. The molecule has 0 saturated carbocycles. The van der Waals surface area contributed by atoms with Crippen molar-refractivity contribution in [3.05, 3.63) is 59.2 Å². The number of rotatable bonds is 7. The lowest BCUT2D eigenvalue weighted by atomic mass is 9.98. The van der Waals surface area contributed by atoms with E-state index in [4.69, 9.17) is 4.74 Å². The third-order valence-corrected chi connectivity index (χ3v) is 6.42. The molecule has 0 bridgehead atoms. The molecule has 4 nitrogen and oxygen atoms in total. The Morgan fingerprint density at radius 3 is 2.34 bits per heavy atom. The molecule has 1 unspecified atom stereocenters. The normalized spacial score (nSPS) is 16.8. The fourth-order valence-electron chi connectivity index (χ4n) is 4.90. The van der Waals surface area contributed by atoms with Crippen molar-refractivity contribution in [2.45, 2.75) is 59.0 Å². The first-order chi connectivity index (χ1) is 14.0. The SMILES string of the molecule is CCC(C(=O)Nc1c(C)cccc1C)[N+]1(Cc2cccc(OC)c2)CCCCC1. The van der Waals surface area contributed by atoms with Crippen LogP contribution in [0.2, 0.25) is 0 Å². The van der Waals surface area contributed by atoms with Gasteiger partial charge in [0, 0.05) is 17.7 Å². The first kappa shape index (κ1) is 21.4. The molecule has 1 heterocycles. The van der Waals surface area contributed by atoms with E-state index in [1.165, 1.54) is 24.8 Å². The molecule has 0 spiro atoms. The van der Waals surface area contributed by atoms with Crippen LogP contribution in [0.4, 0.5) is 5.69 Å². The van der Waals surface area contributed by atoms with Crippen LogP contribution in [0.15, 0.2) is 42.5 Å². The van der Waals surface area contributed by atoms with Gasteiger partial charge < -0.3 is 14.5 Å². The number of hydrogen-bond acceptors (Lipinski definition) is 2. The van der Waals surface area contributed by atoms with Gasteiger partial charge in [-0.1, -0.05) is 37.3 Å². The van der Waals surface area contributed by atoms with Crippen molar-refractivity contribution in [2.24, 2.45) is 0 Å². The molecule has 0 radical (unpaired) electrons. The maximum atomic E-state index is 13.5. The van der Waals surface area contributed by atoms with E-state index in [0.717, 1.165) is 53.1 Å². The van der Waals surface area contributed by atoms with E-state index in [1.54, 1.807) is 7.11 Å². The van der Waals surface area contributed by atoms with Crippen LogP contribution in [-0.4, -0.2) is 36.6 Å². The van der Waals surface area contributed by atoms with E-state index in [1.807, 2.05) is 18.2 Å². The van der Waals surface area contributed by atoms with Gasteiger partial charge in [-0.3, -0.25) is 4.79 Å². The second-order valence-corrected chi connectivity index (χ2v) is 8.42. The summed E-state index contributed by atoms with van der Waals surface area (Å²) in [7, 11) is 1.71. The van der Waals surface area contributed by atoms with Crippen molar-refractivity contribution in [3.63, 3.8) is 0 Å². The minimum absolute atomic E-state index is 0.0551. The predicted octanol–water partition coefficient (Wildman–Crippen LogP) is 5.23. The van der Waals surface area contributed by atoms with Gasteiger partial charge in [0.25, 0.3) is 5.91 Å². The van der Waals surface area contributed by atoms with Crippen LogP contribution in [0, 0.1) is 13.8 Å². The molecule has 29 heavy (non-hydrogen) atoms. The molecule has 2 aromatic carbocycles. The summed E-state index contributed by atoms with van der Waals surface area (Å²) in [5.41, 5.74) is 4.44. The second-order valence-electron chi connectivity index (χ2n) is 8.42. The Kier molecular flexibility index (Phi) is 6.96. The minimum atomic E-state index is -0.0551. The number of ether oxygens (including phenoxy) is 1. The Hall–Kier alpha value is -2.33. The van der Waals surface area contributed by atoms with E-state index in [-0.39, 0.29) is 11.9 Å². The number of benzene rings is 2. The van der Waals surface area contributed by atoms with Crippen molar-refractivity contribution in [1.82, 2.24) is 0 Å². The largest absolute Gasteiger partial charge is 0.497 e.